The highest BCUT2D eigenvalue weighted by molar-refractivity contribution is 5.85. The molecule has 0 saturated carbocycles. The van der Waals surface area contributed by atoms with Crippen molar-refractivity contribution in [3.05, 3.63) is 29.6 Å². The molecule has 5 heteroatoms. The van der Waals surface area contributed by atoms with Crippen LogP contribution in [-0.2, 0) is 0 Å². The second-order valence-electron chi connectivity index (χ2n) is 4.41. The summed E-state index contributed by atoms with van der Waals surface area (Å²) in [5.74, 6) is -0.0943. The average molecular weight is 275 g/mol. The van der Waals surface area contributed by atoms with E-state index in [1.807, 2.05) is 0 Å². The molecule has 18 heavy (non-hydrogen) atoms. The molecule has 0 radical (unpaired) electrons. The molecular weight excluding hydrogens is 255 g/mol. The van der Waals surface area contributed by atoms with Crippen molar-refractivity contribution in [2.45, 2.75) is 19.4 Å². The number of halogens is 2. The molecule has 0 spiro atoms. The fraction of sp³-hybridized carbons (Fsp3) is 0.538. The van der Waals surface area contributed by atoms with Crippen molar-refractivity contribution >= 4 is 12.4 Å². The first-order chi connectivity index (χ1) is 8.22. The van der Waals surface area contributed by atoms with Crippen LogP contribution in [0.4, 0.5) is 4.39 Å². The Balaban J connectivity index is 0.00000162. The lowest BCUT2D eigenvalue weighted by atomic mass is 10.0. The summed E-state index contributed by atoms with van der Waals surface area (Å²) in [7, 11) is 0. The third-order valence-electron chi connectivity index (χ3n) is 3.33. The van der Waals surface area contributed by atoms with E-state index in [2.05, 4.69) is 17.1 Å². The molecule has 2 N–H and O–H groups in total. The molecule has 1 fully saturated rings. The van der Waals surface area contributed by atoms with Gasteiger partial charge in [0.15, 0.2) is 0 Å². The Kier molecular flexibility index (Phi) is 5.85. The lowest BCUT2D eigenvalue weighted by Gasteiger charge is -2.35. The molecule has 1 saturated heterocycles. The maximum absolute atomic E-state index is 13.3. The number of phenols is 1. The minimum atomic E-state index is -0.286. The highest BCUT2D eigenvalue weighted by Gasteiger charge is 2.23. The number of phenolic OH excluding ortho intramolecular Hbond substituents is 1. The van der Waals surface area contributed by atoms with E-state index in [0.29, 0.717) is 5.56 Å². The number of hydrogen-bond acceptors (Lipinski definition) is 3. The first-order valence-corrected chi connectivity index (χ1v) is 6.15. The fourth-order valence-corrected chi connectivity index (χ4v) is 2.46. The quantitative estimate of drug-likeness (QED) is 0.888. The van der Waals surface area contributed by atoms with Gasteiger partial charge >= 0.3 is 0 Å². The summed E-state index contributed by atoms with van der Waals surface area (Å²) in [4.78, 5) is 2.30. The van der Waals surface area contributed by atoms with Gasteiger partial charge in [-0.15, -0.1) is 12.4 Å². The first kappa shape index (κ1) is 15.2. The third kappa shape index (κ3) is 3.34. The zero-order valence-electron chi connectivity index (χ0n) is 10.5. The molecule has 1 aromatic carbocycles. The van der Waals surface area contributed by atoms with Gasteiger partial charge in [-0.2, -0.15) is 0 Å². The number of piperazine rings is 1. The Morgan fingerprint density at radius 3 is 2.67 bits per heavy atom. The molecule has 1 aliphatic rings. The first-order valence-electron chi connectivity index (χ1n) is 6.15. The number of benzene rings is 1. The monoisotopic (exact) mass is 274 g/mol. The van der Waals surface area contributed by atoms with Crippen LogP contribution >= 0.6 is 12.4 Å². The summed E-state index contributed by atoms with van der Waals surface area (Å²) in [5, 5.41) is 13.2. The van der Waals surface area contributed by atoms with Crippen molar-refractivity contribution in [3.8, 4) is 5.75 Å². The molecule has 0 bridgehead atoms. The van der Waals surface area contributed by atoms with Crippen LogP contribution in [0, 0.1) is 5.82 Å². The third-order valence-corrected chi connectivity index (χ3v) is 3.33. The SMILES string of the molecule is CC[C@@H](c1cc(F)ccc1O)N1CCNCC1.Cl. The zero-order chi connectivity index (χ0) is 12.3. The van der Waals surface area contributed by atoms with Crippen molar-refractivity contribution in [2.24, 2.45) is 0 Å². The van der Waals surface area contributed by atoms with Gasteiger partial charge in [-0.25, -0.2) is 4.39 Å². The molecule has 1 aromatic rings. The van der Waals surface area contributed by atoms with Gasteiger partial charge in [-0.3, -0.25) is 4.90 Å². The maximum Gasteiger partial charge on any atom is 0.123 e. The van der Waals surface area contributed by atoms with E-state index in [1.165, 1.54) is 18.2 Å². The summed E-state index contributed by atoms with van der Waals surface area (Å²) >= 11 is 0. The Morgan fingerprint density at radius 1 is 1.39 bits per heavy atom. The zero-order valence-corrected chi connectivity index (χ0v) is 11.3. The number of rotatable bonds is 3. The molecule has 0 amide bonds. The van der Waals surface area contributed by atoms with Gasteiger partial charge < -0.3 is 10.4 Å². The maximum atomic E-state index is 13.3. The summed E-state index contributed by atoms with van der Waals surface area (Å²) in [5.41, 5.74) is 0.703. The van der Waals surface area contributed by atoms with Crippen LogP contribution in [0.15, 0.2) is 18.2 Å². The van der Waals surface area contributed by atoms with Crippen LogP contribution in [0.25, 0.3) is 0 Å². The molecular formula is C13H20ClFN2O. The van der Waals surface area contributed by atoms with Crippen LogP contribution < -0.4 is 5.32 Å². The Morgan fingerprint density at radius 2 is 2.06 bits per heavy atom. The Bertz CT molecular complexity index is 383. The average Bonchev–Trinajstić information content (AvgIpc) is 2.36. The molecule has 1 atom stereocenters. The summed E-state index contributed by atoms with van der Waals surface area (Å²) in [6.07, 6.45) is 0.872. The number of nitrogens with one attached hydrogen (secondary N) is 1. The molecule has 0 unspecified atom stereocenters. The van der Waals surface area contributed by atoms with E-state index in [1.54, 1.807) is 0 Å². The van der Waals surface area contributed by atoms with Gasteiger partial charge in [0.2, 0.25) is 0 Å². The van der Waals surface area contributed by atoms with E-state index in [0.717, 1.165) is 32.6 Å². The van der Waals surface area contributed by atoms with Crippen LogP contribution in [0.3, 0.4) is 0 Å². The van der Waals surface area contributed by atoms with Crippen molar-refractivity contribution < 1.29 is 9.50 Å². The predicted molar refractivity (Wildman–Crippen MR) is 72.8 cm³/mol. The molecule has 3 nitrogen and oxygen atoms in total. The number of hydrogen-bond donors (Lipinski definition) is 2. The van der Waals surface area contributed by atoms with Crippen LogP contribution in [-0.4, -0.2) is 36.2 Å². The fourth-order valence-electron chi connectivity index (χ4n) is 2.46. The molecule has 0 aliphatic carbocycles. The molecule has 0 aromatic heterocycles. The van der Waals surface area contributed by atoms with Gasteiger partial charge in [0.25, 0.3) is 0 Å². The Labute approximate surface area is 113 Å². The second kappa shape index (κ2) is 6.92. The van der Waals surface area contributed by atoms with E-state index in [-0.39, 0.29) is 30.0 Å². The van der Waals surface area contributed by atoms with Crippen LogP contribution in [0.1, 0.15) is 24.9 Å². The highest BCUT2D eigenvalue weighted by atomic mass is 35.5. The van der Waals surface area contributed by atoms with Crippen molar-refractivity contribution in [1.82, 2.24) is 10.2 Å². The van der Waals surface area contributed by atoms with E-state index < -0.39 is 0 Å². The minimum absolute atomic E-state index is 0. The second-order valence-corrected chi connectivity index (χ2v) is 4.41. The van der Waals surface area contributed by atoms with Crippen molar-refractivity contribution in [2.75, 3.05) is 26.2 Å². The normalized spacial score (nSPS) is 18.1. The lowest BCUT2D eigenvalue weighted by molar-refractivity contribution is 0.166. The molecule has 1 heterocycles. The minimum Gasteiger partial charge on any atom is -0.508 e. The van der Waals surface area contributed by atoms with Crippen LogP contribution in [0.5, 0.6) is 5.75 Å². The van der Waals surface area contributed by atoms with Gasteiger partial charge in [0.1, 0.15) is 11.6 Å². The van der Waals surface area contributed by atoms with Crippen LogP contribution in [0.2, 0.25) is 0 Å². The summed E-state index contributed by atoms with van der Waals surface area (Å²) in [6.45, 7) is 5.85. The van der Waals surface area contributed by atoms with E-state index in [4.69, 9.17) is 0 Å². The van der Waals surface area contributed by atoms with E-state index >= 15 is 0 Å². The molecule has 2 rings (SSSR count). The largest absolute Gasteiger partial charge is 0.508 e. The number of aromatic hydroxyl groups is 1. The van der Waals surface area contributed by atoms with Crippen molar-refractivity contribution in [3.63, 3.8) is 0 Å². The van der Waals surface area contributed by atoms with Crippen molar-refractivity contribution in [1.29, 1.82) is 0 Å². The summed E-state index contributed by atoms with van der Waals surface area (Å²) < 4.78 is 13.3. The standard InChI is InChI=1S/C13H19FN2O.ClH/c1-2-12(16-7-5-15-6-8-16)11-9-10(14)3-4-13(11)17;/h3-4,9,12,15,17H,2,5-8H2,1H3;1H/t12-;/m0./s1. The number of nitrogens with zero attached hydrogens (tertiary/aromatic N) is 1. The summed E-state index contributed by atoms with van der Waals surface area (Å²) in [6, 6.07) is 4.29. The predicted octanol–water partition coefficient (Wildman–Crippen LogP) is 2.31. The Hall–Kier alpha value is -0.840. The topological polar surface area (TPSA) is 35.5 Å². The lowest BCUT2D eigenvalue weighted by Crippen LogP contribution is -2.45. The smallest absolute Gasteiger partial charge is 0.123 e. The molecule has 1 aliphatic heterocycles. The highest BCUT2D eigenvalue weighted by Crippen LogP contribution is 2.31. The van der Waals surface area contributed by atoms with Gasteiger partial charge in [0.05, 0.1) is 0 Å². The van der Waals surface area contributed by atoms with Gasteiger partial charge in [-0.1, -0.05) is 6.92 Å². The van der Waals surface area contributed by atoms with Gasteiger partial charge in [-0.05, 0) is 24.6 Å². The molecule has 102 valence electrons. The van der Waals surface area contributed by atoms with Gasteiger partial charge in [0, 0.05) is 37.8 Å². The van der Waals surface area contributed by atoms with E-state index in [9.17, 15) is 9.50 Å².